The zero-order valence-electron chi connectivity index (χ0n) is 18.1. The third-order valence-corrected chi connectivity index (χ3v) is 6.37. The second kappa shape index (κ2) is 10.1. The van der Waals surface area contributed by atoms with Crippen LogP contribution in [0.3, 0.4) is 0 Å². The number of halogens is 2. The summed E-state index contributed by atoms with van der Waals surface area (Å²) in [5.74, 6) is -0.355. The molecule has 0 aromatic heterocycles. The molecular weight excluding hydrogens is 390 g/mol. The quantitative estimate of drug-likeness (QED) is 0.500. The molecule has 0 bridgehead atoms. The van der Waals surface area contributed by atoms with Crippen molar-refractivity contribution in [3.8, 4) is 11.1 Å². The summed E-state index contributed by atoms with van der Waals surface area (Å²) in [6.07, 6.45) is 3.66. The molecule has 162 valence electrons. The highest BCUT2D eigenvalue weighted by Crippen LogP contribution is 2.36. The van der Waals surface area contributed by atoms with Crippen molar-refractivity contribution in [2.24, 2.45) is 0 Å². The van der Waals surface area contributed by atoms with Crippen molar-refractivity contribution in [3.05, 3.63) is 90.0 Å². The Labute approximate surface area is 184 Å². The number of likely N-dealkylation sites (tertiary alicyclic amines) is 1. The van der Waals surface area contributed by atoms with Gasteiger partial charge in [-0.3, -0.25) is 0 Å². The molecule has 0 amide bonds. The minimum absolute atomic E-state index is 0.177. The normalized spacial score (nSPS) is 16.5. The second-order valence-electron chi connectivity index (χ2n) is 8.25. The predicted molar refractivity (Wildman–Crippen MR) is 124 cm³/mol. The van der Waals surface area contributed by atoms with E-state index in [1.165, 1.54) is 54.9 Å². The Balaban J connectivity index is 0.000000282. The third kappa shape index (κ3) is 5.31. The minimum Gasteiger partial charge on any atom is -0.368 e. The minimum atomic E-state index is -0.178. The third-order valence-electron chi connectivity index (χ3n) is 6.37. The number of hydrogen-bond donors (Lipinski definition) is 0. The molecule has 2 aliphatic rings. The van der Waals surface area contributed by atoms with E-state index >= 15 is 0 Å². The first-order chi connectivity index (χ1) is 15.1. The molecule has 2 aliphatic heterocycles. The number of benzene rings is 3. The lowest BCUT2D eigenvalue weighted by Crippen LogP contribution is -2.44. The van der Waals surface area contributed by atoms with Gasteiger partial charge in [-0.15, -0.1) is 0 Å². The lowest BCUT2D eigenvalue weighted by Gasteiger charge is -2.37. The van der Waals surface area contributed by atoms with Gasteiger partial charge in [0.2, 0.25) is 0 Å². The van der Waals surface area contributed by atoms with Crippen molar-refractivity contribution < 1.29 is 8.78 Å². The van der Waals surface area contributed by atoms with Crippen molar-refractivity contribution in [1.82, 2.24) is 4.90 Å². The fourth-order valence-electron chi connectivity index (χ4n) is 4.57. The van der Waals surface area contributed by atoms with E-state index in [2.05, 4.69) is 34.9 Å². The van der Waals surface area contributed by atoms with Crippen LogP contribution in [0.2, 0.25) is 0 Å². The van der Waals surface area contributed by atoms with E-state index < -0.39 is 0 Å². The maximum absolute atomic E-state index is 13.2. The van der Waals surface area contributed by atoms with Gasteiger partial charge in [-0.25, -0.2) is 8.78 Å². The molecule has 5 rings (SSSR count). The van der Waals surface area contributed by atoms with Gasteiger partial charge in [0.25, 0.3) is 0 Å². The number of nitrogens with zero attached hydrogens (tertiary/aromatic N) is 2. The Bertz CT molecular complexity index is 964. The fraction of sp³-hybridized carbons (Fsp3) is 0.333. The standard InChI is InChI=1S/C21H25FN2.C6H5F/c1-2-23-12-10-20(11-13-23)24-14-9-17-3-4-18(15-21(17)24)16-5-7-19(22)8-6-16;7-6-4-2-1-3-5-6/h3-8,15,20H,2,9-14H2,1H3;1-5H. The van der Waals surface area contributed by atoms with Gasteiger partial charge in [-0.2, -0.15) is 0 Å². The van der Waals surface area contributed by atoms with Gasteiger partial charge in [0.1, 0.15) is 11.6 Å². The molecule has 3 aromatic rings. The first-order valence-corrected chi connectivity index (χ1v) is 11.2. The van der Waals surface area contributed by atoms with Crippen molar-refractivity contribution in [2.75, 3.05) is 31.1 Å². The van der Waals surface area contributed by atoms with Crippen LogP contribution < -0.4 is 4.90 Å². The first kappa shape index (κ1) is 21.5. The Morgan fingerprint density at radius 2 is 1.42 bits per heavy atom. The van der Waals surface area contributed by atoms with Gasteiger partial charge in [0, 0.05) is 31.4 Å². The number of piperidine rings is 1. The highest BCUT2D eigenvalue weighted by atomic mass is 19.1. The molecule has 0 saturated carbocycles. The van der Waals surface area contributed by atoms with Crippen LogP contribution in [-0.2, 0) is 6.42 Å². The maximum Gasteiger partial charge on any atom is 0.123 e. The lowest BCUT2D eigenvalue weighted by atomic mass is 10.0. The summed E-state index contributed by atoms with van der Waals surface area (Å²) >= 11 is 0. The van der Waals surface area contributed by atoms with Gasteiger partial charge in [0.15, 0.2) is 0 Å². The molecule has 1 fully saturated rings. The first-order valence-electron chi connectivity index (χ1n) is 11.2. The average molecular weight is 421 g/mol. The molecule has 0 spiro atoms. The Kier molecular flexibility index (Phi) is 6.98. The molecule has 0 radical (unpaired) electrons. The van der Waals surface area contributed by atoms with Crippen molar-refractivity contribution in [1.29, 1.82) is 0 Å². The van der Waals surface area contributed by atoms with Crippen LogP contribution in [0.25, 0.3) is 11.1 Å². The van der Waals surface area contributed by atoms with Gasteiger partial charge in [-0.1, -0.05) is 49.4 Å². The Morgan fingerprint density at radius 1 is 0.774 bits per heavy atom. The molecule has 2 heterocycles. The summed E-state index contributed by atoms with van der Waals surface area (Å²) < 4.78 is 25.1. The zero-order chi connectivity index (χ0) is 21.6. The van der Waals surface area contributed by atoms with Gasteiger partial charge in [-0.05, 0) is 72.8 Å². The molecule has 3 aromatic carbocycles. The highest BCUT2D eigenvalue weighted by molar-refractivity contribution is 5.72. The van der Waals surface area contributed by atoms with Gasteiger partial charge < -0.3 is 9.80 Å². The number of rotatable bonds is 3. The molecule has 0 aliphatic carbocycles. The topological polar surface area (TPSA) is 6.48 Å². The summed E-state index contributed by atoms with van der Waals surface area (Å²) in [6.45, 7) is 6.98. The van der Waals surface area contributed by atoms with Crippen LogP contribution in [0.15, 0.2) is 72.8 Å². The van der Waals surface area contributed by atoms with Gasteiger partial charge >= 0.3 is 0 Å². The van der Waals surface area contributed by atoms with Crippen molar-refractivity contribution >= 4 is 5.69 Å². The largest absolute Gasteiger partial charge is 0.368 e. The number of fused-ring (bicyclic) bond motifs is 1. The van der Waals surface area contributed by atoms with Crippen LogP contribution in [-0.4, -0.2) is 37.1 Å². The summed E-state index contributed by atoms with van der Waals surface area (Å²) in [5.41, 5.74) is 5.13. The van der Waals surface area contributed by atoms with Gasteiger partial charge in [0.05, 0.1) is 0 Å². The van der Waals surface area contributed by atoms with Crippen LogP contribution in [0.5, 0.6) is 0 Å². The van der Waals surface area contributed by atoms with E-state index in [4.69, 9.17) is 0 Å². The number of hydrogen-bond acceptors (Lipinski definition) is 2. The maximum atomic E-state index is 13.2. The molecular formula is C27H30F2N2. The Hall–Kier alpha value is -2.72. The summed E-state index contributed by atoms with van der Waals surface area (Å²) in [4.78, 5) is 5.16. The van der Waals surface area contributed by atoms with Crippen LogP contribution in [0, 0.1) is 11.6 Å². The predicted octanol–water partition coefficient (Wildman–Crippen LogP) is 6.17. The summed E-state index contributed by atoms with van der Waals surface area (Å²) in [5, 5.41) is 0. The van der Waals surface area contributed by atoms with E-state index in [-0.39, 0.29) is 11.6 Å². The van der Waals surface area contributed by atoms with E-state index in [1.807, 2.05) is 12.1 Å². The second-order valence-corrected chi connectivity index (χ2v) is 8.25. The summed E-state index contributed by atoms with van der Waals surface area (Å²) in [6, 6.07) is 22.2. The number of anilines is 1. The van der Waals surface area contributed by atoms with E-state index in [0.29, 0.717) is 6.04 Å². The molecule has 4 heteroatoms. The van der Waals surface area contributed by atoms with Crippen LogP contribution in [0.1, 0.15) is 25.3 Å². The fourth-order valence-corrected chi connectivity index (χ4v) is 4.57. The molecule has 2 nitrogen and oxygen atoms in total. The molecule has 31 heavy (non-hydrogen) atoms. The molecule has 0 unspecified atom stereocenters. The van der Waals surface area contributed by atoms with Crippen molar-refractivity contribution in [2.45, 2.75) is 32.2 Å². The molecule has 0 N–H and O–H groups in total. The van der Waals surface area contributed by atoms with Crippen LogP contribution >= 0.6 is 0 Å². The SMILES string of the molecule is CCN1CCC(N2CCc3ccc(-c4ccc(F)cc4)cc32)CC1.Fc1ccccc1. The van der Waals surface area contributed by atoms with Crippen molar-refractivity contribution in [3.63, 3.8) is 0 Å². The van der Waals surface area contributed by atoms with E-state index in [0.717, 1.165) is 25.1 Å². The average Bonchev–Trinajstić information content (AvgIpc) is 3.24. The van der Waals surface area contributed by atoms with E-state index in [1.54, 1.807) is 30.3 Å². The highest BCUT2D eigenvalue weighted by Gasteiger charge is 2.29. The monoisotopic (exact) mass is 420 g/mol. The Morgan fingerprint density at radius 3 is 2.03 bits per heavy atom. The zero-order valence-corrected chi connectivity index (χ0v) is 18.1. The summed E-state index contributed by atoms with van der Waals surface area (Å²) in [7, 11) is 0. The smallest absolute Gasteiger partial charge is 0.123 e. The molecule has 0 atom stereocenters. The van der Waals surface area contributed by atoms with Crippen LogP contribution in [0.4, 0.5) is 14.5 Å². The van der Waals surface area contributed by atoms with E-state index in [9.17, 15) is 8.78 Å². The molecule has 1 saturated heterocycles. The lowest BCUT2D eigenvalue weighted by molar-refractivity contribution is 0.219.